The smallest absolute Gasteiger partial charge is 0.242 e. The number of anilines is 1. The van der Waals surface area contributed by atoms with Gasteiger partial charge < -0.3 is 15.5 Å². The van der Waals surface area contributed by atoms with Crippen molar-refractivity contribution >= 4 is 11.6 Å². The SMILES string of the molecule is CN(Cc1ccccc1N1CCCC1)C(=O)C1(N)CCCCC1. The van der Waals surface area contributed by atoms with Gasteiger partial charge in [0.05, 0.1) is 5.54 Å². The molecular formula is C19H29N3O. The number of carbonyl (C=O) groups is 1. The second-order valence-corrected chi connectivity index (χ2v) is 7.20. The molecule has 2 aliphatic rings. The molecule has 3 rings (SSSR count). The lowest BCUT2D eigenvalue weighted by Gasteiger charge is -2.36. The standard InChI is InChI=1S/C19H29N3O/c1-21(18(23)19(20)11-5-2-6-12-19)15-16-9-3-4-10-17(16)22-13-7-8-14-22/h3-4,9-10H,2,5-8,11-15,20H2,1H3. The number of likely N-dealkylation sites (N-methyl/N-ethyl adjacent to an activating group) is 1. The molecule has 23 heavy (non-hydrogen) atoms. The van der Waals surface area contributed by atoms with Gasteiger partial charge in [0.1, 0.15) is 0 Å². The lowest BCUT2D eigenvalue weighted by atomic mass is 9.81. The number of amides is 1. The molecule has 1 aromatic carbocycles. The van der Waals surface area contributed by atoms with E-state index in [9.17, 15) is 4.79 Å². The molecule has 0 radical (unpaired) electrons. The van der Waals surface area contributed by atoms with Crippen LogP contribution in [0.2, 0.25) is 0 Å². The number of benzene rings is 1. The molecule has 0 unspecified atom stereocenters. The van der Waals surface area contributed by atoms with E-state index in [2.05, 4.69) is 29.2 Å². The molecule has 0 spiro atoms. The summed E-state index contributed by atoms with van der Waals surface area (Å²) in [4.78, 5) is 17.1. The van der Waals surface area contributed by atoms with Crippen LogP contribution < -0.4 is 10.6 Å². The molecule has 2 N–H and O–H groups in total. The van der Waals surface area contributed by atoms with Crippen LogP contribution in [0.3, 0.4) is 0 Å². The lowest BCUT2D eigenvalue weighted by molar-refractivity contribution is -0.137. The van der Waals surface area contributed by atoms with Crippen molar-refractivity contribution in [1.29, 1.82) is 0 Å². The zero-order chi connectivity index (χ0) is 16.3. The molecule has 1 aliphatic carbocycles. The zero-order valence-corrected chi connectivity index (χ0v) is 14.3. The fourth-order valence-corrected chi connectivity index (χ4v) is 4.02. The summed E-state index contributed by atoms with van der Waals surface area (Å²) in [7, 11) is 1.90. The summed E-state index contributed by atoms with van der Waals surface area (Å²) in [5.41, 5.74) is 8.28. The van der Waals surface area contributed by atoms with Gasteiger partial charge in [-0.1, -0.05) is 37.5 Å². The average molecular weight is 315 g/mol. The number of hydrogen-bond donors (Lipinski definition) is 1. The van der Waals surface area contributed by atoms with Crippen molar-refractivity contribution in [2.45, 2.75) is 57.0 Å². The van der Waals surface area contributed by atoms with Gasteiger partial charge in [-0.05, 0) is 37.3 Å². The predicted octanol–water partition coefficient (Wildman–Crippen LogP) is 2.91. The van der Waals surface area contributed by atoms with Crippen LogP contribution in [0.15, 0.2) is 24.3 Å². The maximum Gasteiger partial charge on any atom is 0.242 e. The van der Waals surface area contributed by atoms with E-state index in [-0.39, 0.29) is 5.91 Å². The van der Waals surface area contributed by atoms with Crippen LogP contribution in [0.25, 0.3) is 0 Å². The van der Waals surface area contributed by atoms with Gasteiger partial charge in [-0.3, -0.25) is 4.79 Å². The highest BCUT2D eigenvalue weighted by Crippen LogP contribution is 2.29. The van der Waals surface area contributed by atoms with Gasteiger partial charge in [0, 0.05) is 32.4 Å². The quantitative estimate of drug-likeness (QED) is 0.929. The fraction of sp³-hybridized carbons (Fsp3) is 0.632. The molecule has 1 aromatic rings. The molecule has 1 saturated heterocycles. The van der Waals surface area contributed by atoms with Gasteiger partial charge in [-0.15, -0.1) is 0 Å². The predicted molar refractivity (Wildman–Crippen MR) is 94.4 cm³/mol. The lowest BCUT2D eigenvalue weighted by Crippen LogP contribution is -2.55. The molecule has 126 valence electrons. The second-order valence-electron chi connectivity index (χ2n) is 7.20. The van der Waals surface area contributed by atoms with Crippen molar-refractivity contribution in [2.75, 3.05) is 25.0 Å². The molecule has 0 atom stereocenters. The highest BCUT2D eigenvalue weighted by molar-refractivity contribution is 5.86. The first-order chi connectivity index (χ1) is 11.1. The Kier molecular flexibility index (Phi) is 4.90. The van der Waals surface area contributed by atoms with E-state index < -0.39 is 5.54 Å². The first-order valence-corrected chi connectivity index (χ1v) is 8.97. The first-order valence-electron chi connectivity index (χ1n) is 8.97. The van der Waals surface area contributed by atoms with Crippen LogP contribution in [0.4, 0.5) is 5.69 Å². The third-order valence-corrected chi connectivity index (χ3v) is 5.36. The number of para-hydroxylation sites is 1. The van der Waals surface area contributed by atoms with Gasteiger partial charge >= 0.3 is 0 Å². The number of rotatable bonds is 4. The molecule has 1 saturated carbocycles. The summed E-state index contributed by atoms with van der Waals surface area (Å²) in [5.74, 6) is 0.105. The molecule has 1 amide bonds. The Morgan fingerprint density at radius 1 is 1.13 bits per heavy atom. The van der Waals surface area contributed by atoms with Crippen LogP contribution in [-0.2, 0) is 11.3 Å². The van der Waals surface area contributed by atoms with Crippen LogP contribution >= 0.6 is 0 Å². The van der Waals surface area contributed by atoms with Gasteiger partial charge in [0.25, 0.3) is 0 Å². The Bertz CT molecular complexity index is 545. The van der Waals surface area contributed by atoms with Crippen LogP contribution in [0.1, 0.15) is 50.5 Å². The number of nitrogens with two attached hydrogens (primary N) is 1. The molecule has 4 nitrogen and oxygen atoms in total. The monoisotopic (exact) mass is 315 g/mol. The number of carbonyl (C=O) groups excluding carboxylic acids is 1. The third kappa shape index (κ3) is 3.52. The Labute approximate surface area is 139 Å². The highest BCUT2D eigenvalue weighted by Gasteiger charge is 2.37. The van der Waals surface area contributed by atoms with Gasteiger partial charge in [0.2, 0.25) is 5.91 Å². The van der Waals surface area contributed by atoms with E-state index in [4.69, 9.17) is 5.73 Å². The largest absolute Gasteiger partial charge is 0.371 e. The molecule has 1 aliphatic heterocycles. The summed E-state index contributed by atoms with van der Waals surface area (Å²) >= 11 is 0. The summed E-state index contributed by atoms with van der Waals surface area (Å²) in [6, 6.07) is 8.47. The minimum atomic E-state index is -0.643. The highest BCUT2D eigenvalue weighted by atomic mass is 16.2. The normalized spacial score (nSPS) is 20.5. The van der Waals surface area contributed by atoms with E-state index >= 15 is 0 Å². The summed E-state index contributed by atoms with van der Waals surface area (Å²) < 4.78 is 0. The Balaban J connectivity index is 1.72. The van der Waals surface area contributed by atoms with Crippen LogP contribution in [-0.4, -0.2) is 36.5 Å². The fourth-order valence-electron chi connectivity index (χ4n) is 4.02. The van der Waals surface area contributed by atoms with Crippen LogP contribution in [0.5, 0.6) is 0 Å². The summed E-state index contributed by atoms with van der Waals surface area (Å²) in [6.07, 6.45) is 7.51. The van der Waals surface area contributed by atoms with Crippen molar-refractivity contribution in [3.8, 4) is 0 Å². The van der Waals surface area contributed by atoms with Gasteiger partial charge in [0.15, 0.2) is 0 Å². The van der Waals surface area contributed by atoms with Crippen molar-refractivity contribution in [1.82, 2.24) is 4.90 Å². The second kappa shape index (κ2) is 6.91. The van der Waals surface area contributed by atoms with Crippen molar-refractivity contribution in [3.63, 3.8) is 0 Å². The van der Waals surface area contributed by atoms with Crippen molar-refractivity contribution in [3.05, 3.63) is 29.8 Å². The maximum absolute atomic E-state index is 12.8. The van der Waals surface area contributed by atoms with E-state index in [0.29, 0.717) is 6.54 Å². The number of nitrogens with zero attached hydrogens (tertiary/aromatic N) is 2. The topological polar surface area (TPSA) is 49.6 Å². The third-order valence-electron chi connectivity index (χ3n) is 5.36. The van der Waals surface area contributed by atoms with Crippen molar-refractivity contribution in [2.24, 2.45) is 5.73 Å². The van der Waals surface area contributed by atoms with Crippen LogP contribution in [0, 0.1) is 0 Å². The summed E-state index contributed by atoms with van der Waals surface area (Å²) in [6.45, 7) is 2.88. The molecule has 0 aromatic heterocycles. The Morgan fingerprint density at radius 2 is 1.78 bits per heavy atom. The maximum atomic E-state index is 12.8. The van der Waals surface area contributed by atoms with E-state index in [0.717, 1.165) is 38.8 Å². The van der Waals surface area contributed by atoms with Crippen molar-refractivity contribution < 1.29 is 4.79 Å². The van der Waals surface area contributed by atoms with Gasteiger partial charge in [-0.25, -0.2) is 0 Å². The molecule has 2 fully saturated rings. The first kappa shape index (κ1) is 16.3. The van der Waals surface area contributed by atoms with E-state index in [1.165, 1.54) is 30.5 Å². The minimum absolute atomic E-state index is 0.105. The average Bonchev–Trinajstić information content (AvgIpc) is 3.09. The molecule has 4 heteroatoms. The Hall–Kier alpha value is -1.55. The minimum Gasteiger partial charge on any atom is -0.371 e. The van der Waals surface area contributed by atoms with E-state index in [1.54, 1.807) is 0 Å². The van der Waals surface area contributed by atoms with Gasteiger partial charge in [-0.2, -0.15) is 0 Å². The summed E-state index contributed by atoms with van der Waals surface area (Å²) in [5, 5.41) is 0. The molecule has 0 bridgehead atoms. The molecular weight excluding hydrogens is 286 g/mol. The van der Waals surface area contributed by atoms with E-state index in [1.807, 2.05) is 11.9 Å². The number of hydrogen-bond acceptors (Lipinski definition) is 3. The Morgan fingerprint density at radius 3 is 2.48 bits per heavy atom. The molecule has 1 heterocycles. The zero-order valence-electron chi connectivity index (χ0n) is 14.3.